The number of hydrogen-bond donors (Lipinski definition) is 0. The van der Waals surface area contributed by atoms with Crippen molar-refractivity contribution in [3.8, 4) is 0 Å². The van der Waals surface area contributed by atoms with E-state index in [0.717, 1.165) is 0 Å². The fraction of sp³-hybridized carbons (Fsp3) is 0.833. The average Bonchev–Trinajstić information content (AvgIpc) is 2.47. The van der Waals surface area contributed by atoms with Crippen LogP contribution in [0.4, 0.5) is 0 Å². The maximum atomic E-state index is 10.7. The van der Waals surface area contributed by atoms with E-state index >= 15 is 0 Å². The van der Waals surface area contributed by atoms with Crippen molar-refractivity contribution in [3.63, 3.8) is 0 Å². The first-order valence-corrected chi connectivity index (χ1v) is 7.23. The third kappa shape index (κ3) is 63.0. The molecule has 8 heteroatoms. The van der Waals surface area contributed by atoms with Crippen molar-refractivity contribution in [3.05, 3.63) is 0 Å². The molecule has 0 saturated carbocycles. The van der Waals surface area contributed by atoms with E-state index in [0.29, 0.717) is 0 Å². The molecule has 0 radical (unpaired) electrons. The monoisotopic (exact) mass is 478 g/mol. The van der Waals surface area contributed by atoms with Crippen LogP contribution in [-0.2, 0) is 38.1 Å². The Morgan fingerprint density at radius 1 is 0.594 bits per heavy atom. The molecule has 0 rings (SSSR count). The normalized spacial score (nSPS) is 8.75. The first-order chi connectivity index (χ1) is 11.0. The van der Waals surface area contributed by atoms with Crippen LogP contribution in [0.1, 0.15) is 94.0 Å². The Hall–Kier alpha value is -1.64. The number of rotatable bonds is 8. The Morgan fingerprint density at radius 3 is 1.03 bits per heavy atom. The highest BCUT2D eigenvalue weighted by atomic mass is 16.6. The second kappa shape index (κ2) is 47.2. The minimum atomic E-state index is -0.669. The number of hydrogen-bond acceptors (Lipinski definition) is 8. The zero-order chi connectivity index (χ0) is 19.7. The van der Waals surface area contributed by atoms with Gasteiger partial charge in [-0.05, 0) is 34.6 Å². The number of ether oxygens (including phenoxy) is 4. The highest BCUT2D eigenvalue weighted by Crippen LogP contribution is 1.92. The summed E-state index contributed by atoms with van der Waals surface area (Å²) in [4.78, 5) is 41.4. The fourth-order valence-electron chi connectivity index (χ4n) is 0.801. The number of esters is 1. The summed E-state index contributed by atoms with van der Waals surface area (Å²) in [5.74, 6) is -0.551. The van der Waals surface area contributed by atoms with Gasteiger partial charge in [-0.1, -0.05) is 59.4 Å². The van der Waals surface area contributed by atoms with Gasteiger partial charge in [-0.15, -0.1) is 0 Å². The summed E-state index contributed by atoms with van der Waals surface area (Å²) in [6, 6.07) is 0. The van der Waals surface area contributed by atoms with E-state index in [1.54, 1.807) is 6.92 Å². The summed E-state index contributed by atoms with van der Waals surface area (Å²) < 4.78 is 18.3. The molecule has 206 valence electrons. The molecule has 0 aromatic carbocycles. The van der Waals surface area contributed by atoms with Crippen molar-refractivity contribution in [1.82, 2.24) is 0 Å². The molecular weight excluding hydrogens is 416 g/mol. The van der Waals surface area contributed by atoms with E-state index < -0.39 is 12.1 Å². The van der Waals surface area contributed by atoms with Gasteiger partial charge in [0.1, 0.15) is 19.3 Å². The molecule has 2 unspecified atom stereocenters. The lowest BCUT2D eigenvalue weighted by molar-refractivity contribution is -0.156. The van der Waals surface area contributed by atoms with Crippen LogP contribution in [0.5, 0.6) is 0 Å². The number of carbonyl (C=O) groups is 4. The van der Waals surface area contributed by atoms with Gasteiger partial charge in [-0.3, -0.25) is 14.4 Å². The lowest BCUT2D eigenvalue weighted by Crippen LogP contribution is -2.24. The molecule has 0 fully saturated rings. The number of methoxy groups -OCH3 is 3. The van der Waals surface area contributed by atoms with Crippen molar-refractivity contribution < 1.29 is 38.1 Å². The fourth-order valence-corrected chi connectivity index (χ4v) is 0.801. The van der Waals surface area contributed by atoms with Crippen LogP contribution in [0, 0.1) is 0 Å². The minimum absolute atomic E-state index is 0. The molecule has 32 heavy (non-hydrogen) atoms. The van der Waals surface area contributed by atoms with Crippen LogP contribution < -0.4 is 0 Å². The SMILES string of the molecule is C.C.C.C.C.C.C.C.COC(C)C(C)=O.COCC(=O)OC(C)C(C)=O.COCC(C)=O. The van der Waals surface area contributed by atoms with Crippen LogP contribution in [0.15, 0.2) is 0 Å². The Kier molecular flexibility index (Phi) is 103. The molecule has 0 aliphatic rings. The molecule has 0 saturated heterocycles. The largest absolute Gasteiger partial charge is 0.453 e. The topological polar surface area (TPSA) is 105 Å². The maximum absolute atomic E-state index is 10.7. The quantitative estimate of drug-likeness (QED) is 0.387. The summed E-state index contributed by atoms with van der Waals surface area (Å²) in [7, 11) is 4.41. The first-order valence-electron chi connectivity index (χ1n) is 7.23. The molecule has 0 aliphatic carbocycles. The van der Waals surface area contributed by atoms with Gasteiger partial charge < -0.3 is 18.9 Å². The van der Waals surface area contributed by atoms with Crippen LogP contribution >= 0.6 is 0 Å². The summed E-state index contributed by atoms with van der Waals surface area (Å²) in [5, 5.41) is 0. The Labute approximate surface area is 202 Å². The summed E-state index contributed by atoms with van der Waals surface area (Å²) >= 11 is 0. The molecule has 8 nitrogen and oxygen atoms in total. The summed E-state index contributed by atoms with van der Waals surface area (Å²) in [6.07, 6.45) is -0.905. The van der Waals surface area contributed by atoms with E-state index in [1.807, 2.05) is 0 Å². The molecule has 0 amide bonds. The molecule has 0 aromatic rings. The standard InChI is InChI=1S/C7H12O4.C5H10O2.C4H8O2.8CH4/c1-5(8)6(2)11-7(9)4-10-3;1-4(6)5(2)7-3;1-4(5)3-6-2;;;;;;;;/h6H,4H2,1-3H3;5H,1-3H3;3H2,1-2H3;8*1H4. The van der Waals surface area contributed by atoms with Gasteiger partial charge in [0.2, 0.25) is 0 Å². The molecule has 0 N–H and O–H groups in total. The van der Waals surface area contributed by atoms with Crippen molar-refractivity contribution in [1.29, 1.82) is 0 Å². The number of Topliss-reactive ketones (excluding diaryl/α,β-unsaturated/α-hetero) is 3. The van der Waals surface area contributed by atoms with Gasteiger partial charge >= 0.3 is 5.97 Å². The third-order valence-electron chi connectivity index (χ3n) is 2.42. The molecule has 0 aliphatic heterocycles. The molecule has 0 bridgehead atoms. The predicted molar refractivity (Wildman–Crippen MR) is 142 cm³/mol. The molecule has 0 heterocycles. The van der Waals surface area contributed by atoms with Gasteiger partial charge in [0.25, 0.3) is 0 Å². The second-order valence-corrected chi connectivity index (χ2v) is 4.80. The Morgan fingerprint density at radius 2 is 0.906 bits per heavy atom. The predicted octanol–water partition coefficient (Wildman–Crippen LogP) is 6.07. The highest BCUT2D eigenvalue weighted by Gasteiger charge is 2.12. The molecule has 0 spiro atoms. The zero-order valence-electron chi connectivity index (χ0n) is 15.8. The lowest BCUT2D eigenvalue weighted by Gasteiger charge is -2.08. The van der Waals surface area contributed by atoms with E-state index in [-0.39, 0.29) is 96.1 Å². The second-order valence-electron chi connectivity index (χ2n) is 4.80. The van der Waals surface area contributed by atoms with E-state index in [2.05, 4.69) is 18.9 Å². The summed E-state index contributed by atoms with van der Waals surface area (Å²) in [5.41, 5.74) is 0. The van der Waals surface area contributed by atoms with Crippen LogP contribution in [0.2, 0.25) is 0 Å². The Balaban J connectivity index is -0.0000000212. The van der Waals surface area contributed by atoms with E-state index in [1.165, 1.54) is 49.0 Å². The molecule has 2 atom stereocenters. The lowest BCUT2D eigenvalue weighted by atomic mass is 10.3. The molecule has 0 aromatic heterocycles. The smallest absolute Gasteiger partial charge is 0.332 e. The Bertz CT molecular complexity index is 382. The average molecular weight is 479 g/mol. The summed E-state index contributed by atoms with van der Waals surface area (Å²) in [6.45, 7) is 7.73. The van der Waals surface area contributed by atoms with E-state index in [9.17, 15) is 19.2 Å². The van der Waals surface area contributed by atoms with Gasteiger partial charge in [0.05, 0.1) is 0 Å². The maximum Gasteiger partial charge on any atom is 0.332 e. The van der Waals surface area contributed by atoms with Gasteiger partial charge in [-0.2, -0.15) is 0 Å². The van der Waals surface area contributed by atoms with Crippen molar-refractivity contribution in [2.45, 2.75) is 106 Å². The third-order valence-corrected chi connectivity index (χ3v) is 2.42. The van der Waals surface area contributed by atoms with Crippen LogP contribution in [-0.4, -0.2) is 70.1 Å². The van der Waals surface area contributed by atoms with Crippen molar-refractivity contribution in [2.75, 3.05) is 34.5 Å². The van der Waals surface area contributed by atoms with Gasteiger partial charge in [-0.25, -0.2) is 4.79 Å². The zero-order valence-corrected chi connectivity index (χ0v) is 15.8. The van der Waals surface area contributed by atoms with Crippen molar-refractivity contribution >= 4 is 23.3 Å². The highest BCUT2D eigenvalue weighted by molar-refractivity contribution is 5.83. The first kappa shape index (κ1) is 69.8. The van der Waals surface area contributed by atoms with Gasteiger partial charge in [0, 0.05) is 21.3 Å². The van der Waals surface area contributed by atoms with Crippen LogP contribution in [0.25, 0.3) is 0 Å². The number of ketones is 3. The molecular formula is C24H62O8. The van der Waals surface area contributed by atoms with Crippen molar-refractivity contribution in [2.24, 2.45) is 0 Å². The minimum Gasteiger partial charge on any atom is -0.453 e. The number of carbonyl (C=O) groups excluding carboxylic acids is 4. The van der Waals surface area contributed by atoms with E-state index in [4.69, 9.17) is 0 Å². The van der Waals surface area contributed by atoms with Crippen LogP contribution in [0.3, 0.4) is 0 Å². The van der Waals surface area contributed by atoms with Gasteiger partial charge in [0.15, 0.2) is 23.5 Å².